The van der Waals surface area contributed by atoms with E-state index in [1.54, 1.807) is 13.0 Å². The Labute approximate surface area is 117 Å². The normalized spacial score (nSPS) is 10.7. The number of hydrogen-bond donors (Lipinski definition) is 2. The van der Waals surface area contributed by atoms with Crippen LogP contribution in [0.3, 0.4) is 0 Å². The first-order valence-corrected chi connectivity index (χ1v) is 6.45. The number of aryl methyl sites for hydroxylation is 1. The lowest BCUT2D eigenvalue weighted by atomic mass is 10.1. The number of hydrogen-bond acceptors (Lipinski definition) is 2. The molecule has 3 aromatic rings. The van der Waals surface area contributed by atoms with Gasteiger partial charge in [-0.25, -0.2) is 4.39 Å². The zero-order chi connectivity index (χ0) is 14.1. The van der Waals surface area contributed by atoms with Crippen molar-refractivity contribution in [2.75, 3.05) is 11.1 Å². The Balaban J connectivity index is 1.99. The second-order valence-electron chi connectivity index (χ2n) is 4.88. The Morgan fingerprint density at radius 2 is 1.70 bits per heavy atom. The van der Waals surface area contributed by atoms with Crippen LogP contribution >= 0.6 is 0 Å². The summed E-state index contributed by atoms with van der Waals surface area (Å²) < 4.78 is 13.4. The maximum absolute atomic E-state index is 13.4. The monoisotopic (exact) mass is 266 g/mol. The largest absolute Gasteiger partial charge is 0.397 e. The van der Waals surface area contributed by atoms with Gasteiger partial charge in [-0.3, -0.25) is 0 Å². The number of nitrogens with one attached hydrogen (secondary N) is 1. The van der Waals surface area contributed by atoms with Crippen molar-refractivity contribution in [3.05, 3.63) is 66.0 Å². The maximum atomic E-state index is 13.4. The Kier molecular flexibility index (Phi) is 3.03. The molecular weight excluding hydrogens is 251 g/mol. The van der Waals surface area contributed by atoms with Gasteiger partial charge in [0, 0.05) is 5.69 Å². The number of benzene rings is 3. The Bertz CT molecular complexity index is 781. The van der Waals surface area contributed by atoms with Crippen LogP contribution in [0.15, 0.2) is 54.6 Å². The van der Waals surface area contributed by atoms with Crippen LogP contribution in [0.25, 0.3) is 10.8 Å². The average molecular weight is 266 g/mol. The van der Waals surface area contributed by atoms with Gasteiger partial charge < -0.3 is 11.1 Å². The van der Waals surface area contributed by atoms with E-state index in [0.717, 1.165) is 16.8 Å². The van der Waals surface area contributed by atoms with E-state index in [9.17, 15) is 4.39 Å². The van der Waals surface area contributed by atoms with E-state index in [0.29, 0.717) is 11.3 Å². The molecule has 0 aliphatic rings. The summed E-state index contributed by atoms with van der Waals surface area (Å²) in [6.45, 7) is 1.72. The first-order chi connectivity index (χ1) is 9.63. The molecule has 0 aliphatic heterocycles. The standard InChI is InChI=1S/C17H15FN2/c1-11-8-17(16(19)10-15(11)18)20-14-7-6-12-4-2-3-5-13(12)9-14/h2-10,20H,19H2,1H3. The van der Waals surface area contributed by atoms with Gasteiger partial charge in [-0.1, -0.05) is 30.3 Å². The predicted octanol–water partition coefficient (Wildman–Crippen LogP) is 4.61. The van der Waals surface area contributed by atoms with E-state index < -0.39 is 0 Å². The van der Waals surface area contributed by atoms with Crippen molar-refractivity contribution in [1.29, 1.82) is 0 Å². The van der Waals surface area contributed by atoms with Crippen LogP contribution in [0.4, 0.5) is 21.5 Å². The van der Waals surface area contributed by atoms with Crippen molar-refractivity contribution in [3.8, 4) is 0 Å². The summed E-state index contributed by atoms with van der Waals surface area (Å²) >= 11 is 0. The maximum Gasteiger partial charge on any atom is 0.128 e. The Morgan fingerprint density at radius 1 is 0.950 bits per heavy atom. The van der Waals surface area contributed by atoms with Crippen LogP contribution in [-0.4, -0.2) is 0 Å². The molecule has 0 radical (unpaired) electrons. The lowest BCUT2D eigenvalue weighted by Gasteiger charge is -2.11. The number of rotatable bonds is 2. The second-order valence-corrected chi connectivity index (χ2v) is 4.88. The van der Waals surface area contributed by atoms with Crippen molar-refractivity contribution in [2.45, 2.75) is 6.92 Å². The summed E-state index contributed by atoms with van der Waals surface area (Å²) in [5.74, 6) is -0.286. The SMILES string of the molecule is Cc1cc(Nc2ccc3ccccc3c2)c(N)cc1F. The van der Waals surface area contributed by atoms with Crippen molar-refractivity contribution in [1.82, 2.24) is 0 Å². The smallest absolute Gasteiger partial charge is 0.128 e. The first-order valence-electron chi connectivity index (χ1n) is 6.45. The third kappa shape index (κ3) is 2.30. The number of anilines is 3. The van der Waals surface area contributed by atoms with E-state index in [-0.39, 0.29) is 5.82 Å². The molecule has 0 atom stereocenters. The Morgan fingerprint density at radius 3 is 2.50 bits per heavy atom. The molecular formula is C17H15FN2. The summed E-state index contributed by atoms with van der Waals surface area (Å²) in [7, 11) is 0. The van der Waals surface area contributed by atoms with Crippen LogP contribution in [-0.2, 0) is 0 Å². The molecule has 0 unspecified atom stereocenters. The first kappa shape index (κ1) is 12.5. The van der Waals surface area contributed by atoms with E-state index in [1.165, 1.54) is 11.5 Å². The van der Waals surface area contributed by atoms with Gasteiger partial charge in [-0.2, -0.15) is 0 Å². The zero-order valence-electron chi connectivity index (χ0n) is 11.2. The minimum Gasteiger partial charge on any atom is -0.397 e. The molecule has 0 bridgehead atoms. The highest BCUT2D eigenvalue weighted by molar-refractivity contribution is 5.87. The van der Waals surface area contributed by atoms with Gasteiger partial charge in [-0.05, 0) is 47.5 Å². The van der Waals surface area contributed by atoms with Gasteiger partial charge in [0.2, 0.25) is 0 Å². The molecule has 0 spiro atoms. The van der Waals surface area contributed by atoms with E-state index >= 15 is 0 Å². The summed E-state index contributed by atoms with van der Waals surface area (Å²) in [5.41, 5.74) is 8.48. The summed E-state index contributed by atoms with van der Waals surface area (Å²) in [4.78, 5) is 0. The average Bonchev–Trinajstić information content (AvgIpc) is 2.44. The number of fused-ring (bicyclic) bond motifs is 1. The molecule has 0 saturated carbocycles. The van der Waals surface area contributed by atoms with Crippen molar-refractivity contribution < 1.29 is 4.39 Å². The van der Waals surface area contributed by atoms with Crippen LogP contribution in [0.2, 0.25) is 0 Å². The molecule has 3 N–H and O–H groups in total. The molecule has 3 rings (SSSR count). The van der Waals surface area contributed by atoms with Crippen molar-refractivity contribution >= 4 is 27.8 Å². The number of nitrogen functional groups attached to an aromatic ring is 1. The molecule has 0 fully saturated rings. The fourth-order valence-electron chi connectivity index (χ4n) is 2.23. The molecule has 0 amide bonds. The van der Waals surface area contributed by atoms with Crippen LogP contribution < -0.4 is 11.1 Å². The topological polar surface area (TPSA) is 38.0 Å². The third-order valence-corrected chi connectivity index (χ3v) is 3.36. The van der Waals surface area contributed by atoms with Crippen LogP contribution in [0, 0.1) is 12.7 Å². The third-order valence-electron chi connectivity index (χ3n) is 3.36. The van der Waals surface area contributed by atoms with Crippen molar-refractivity contribution in [3.63, 3.8) is 0 Å². The highest BCUT2D eigenvalue weighted by atomic mass is 19.1. The molecule has 0 heterocycles. The molecule has 2 nitrogen and oxygen atoms in total. The zero-order valence-corrected chi connectivity index (χ0v) is 11.2. The lowest BCUT2D eigenvalue weighted by Crippen LogP contribution is -1.98. The van der Waals surface area contributed by atoms with Gasteiger partial charge in [0.05, 0.1) is 11.4 Å². The van der Waals surface area contributed by atoms with Crippen molar-refractivity contribution in [2.24, 2.45) is 0 Å². The van der Waals surface area contributed by atoms with Gasteiger partial charge >= 0.3 is 0 Å². The Hall–Kier alpha value is -2.55. The number of nitrogens with two attached hydrogens (primary N) is 1. The molecule has 3 aromatic carbocycles. The fraction of sp³-hybridized carbons (Fsp3) is 0.0588. The van der Waals surface area contributed by atoms with E-state index in [2.05, 4.69) is 17.4 Å². The summed E-state index contributed by atoms with van der Waals surface area (Å²) in [5, 5.41) is 5.57. The highest BCUT2D eigenvalue weighted by Gasteiger charge is 2.05. The molecule has 100 valence electrons. The minimum atomic E-state index is -0.286. The molecule has 20 heavy (non-hydrogen) atoms. The molecule has 0 aromatic heterocycles. The summed E-state index contributed by atoms with van der Waals surface area (Å²) in [6.07, 6.45) is 0. The van der Waals surface area contributed by atoms with Crippen LogP contribution in [0.1, 0.15) is 5.56 Å². The van der Waals surface area contributed by atoms with Gasteiger partial charge in [0.1, 0.15) is 5.82 Å². The van der Waals surface area contributed by atoms with E-state index in [1.807, 2.05) is 30.3 Å². The lowest BCUT2D eigenvalue weighted by molar-refractivity contribution is 0.619. The van der Waals surface area contributed by atoms with Gasteiger partial charge in [0.15, 0.2) is 0 Å². The highest BCUT2D eigenvalue weighted by Crippen LogP contribution is 2.27. The fourth-order valence-corrected chi connectivity index (χ4v) is 2.23. The van der Waals surface area contributed by atoms with E-state index in [4.69, 9.17) is 5.73 Å². The summed E-state index contributed by atoms with van der Waals surface area (Å²) in [6, 6.07) is 17.3. The van der Waals surface area contributed by atoms with Gasteiger partial charge in [-0.15, -0.1) is 0 Å². The van der Waals surface area contributed by atoms with Gasteiger partial charge in [0.25, 0.3) is 0 Å². The molecule has 0 aliphatic carbocycles. The molecule has 3 heteroatoms. The number of halogens is 1. The quantitative estimate of drug-likeness (QED) is 0.664. The molecule has 0 saturated heterocycles. The second kappa shape index (κ2) is 4.85. The minimum absolute atomic E-state index is 0.286. The predicted molar refractivity (Wildman–Crippen MR) is 82.8 cm³/mol. The van der Waals surface area contributed by atoms with Crippen LogP contribution in [0.5, 0.6) is 0 Å².